The van der Waals surface area contributed by atoms with Crippen LogP contribution in [0.2, 0.25) is 0 Å². The van der Waals surface area contributed by atoms with E-state index in [1.165, 1.54) is 5.56 Å². The van der Waals surface area contributed by atoms with Gasteiger partial charge in [0.05, 0.1) is 17.6 Å². The maximum atomic E-state index is 11.7. The minimum Gasteiger partial charge on any atom is -0.483 e. The van der Waals surface area contributed by atoms with Crippen molar-refractivity contribution in [3.63, 3.8) is 0 Å². The Hall–Kier alpha value is -5.23. The van der Waals surface area contributed by atoms with Crippen LogP contribution in [0.1, 0.15) is 11.1 Å². The number of anilines is 6. The van der Waals surface area contributed by atoms with E-state index >= 15 is 0 Å². The van der Waals surface area contributed by atoms with E-state index in [9.17, 15) is 4.79 Å². The number of rotatable bonds is 7. The fraction of sp³-hybridized carbons (Fsp3) is 0.233. The maximum Gasteiger partial charge on any atom is 0.290 e. The molecule has 1 fully saturated rings. The number of nitrogens with zero attached hydrogens (tertiary/aromatic N) is 5. The molecule has 6 rings (SSSR count). The van der Waals surface area contributed by atoms with Gasteiger partial charge >= 0.3 is 0 Å². The SMILES string of the molecule is Cc1cnc(Nc2ccc(N3CCN(Cc4ccccc4)CC3)nc2)nc1Nc1ccc2c(c1)NC(=O)CO2.O=CO. The number of amides is 1. The first-order valence-electron chi connectivity index (χ1n) is 13.5. The number of hydrogen-bond acceptors (Lipinski definition) is 10. The highest BCUT2D eigenvalue weighted by molar-refractivity contribution is 5.96. The van der Waals surface area contributed by atoms with E-state index < -0.39 is 0 Å². The van der Waals surface area contributed by atoms with Crippen molar-refractivity contribution >= 4 is 47.0 Å². The first-order chi connectivity index (χ1) is 20.5. The van der Waals surface area contributed by atoms with Gasteiger partial charge in [0, 0.05) is 50.2 Å². The van der Waals surface area contributed by atoms with Gasteiger partial charge in [-0.3, -0.25) is 14.5 Å². The monoisotopic (exact) mass is 568 g/mol. The lowest BCUT2D eigenvalue weighted by atomic mass is 10.2. The van der Waals surface area contributed by atoms with E-state index in [0.717, 1.165) is 55.5 Å². The molecule has 0 bridgehead atoms. The molecule has 0 unspecified atom stereocenters. The zero-order valence-corrected chi connectivity index (χ0v) is 23.2. The predicted molar refractivity (Wildman–Crippen MR) is 161 cm³/mol. The second kappa shape index (κ2) is 13.4. The van der Waals surface area contributed by atoms with Crippen molar-refractivity contribution in [3.05, 3.63) is 84.2 Å². The van der Waals surface area contributed by atoms with Gasteiger partial charge in [-0.2, -0.15) is 4.98 Å². The molecule has 1 saturated heterocycles. The number of piperazine rings is 1. The van der Waals surface area contributed by atoms with Crippen LogP contribution in [0.4, 0.5) is 34.6 Å². The lowest BCUT2D eigenvalue weighted by Crippen LogP contribution is -2.46. The second-order valence-corrected chi connectivity index (χ2v) is 9.78. The number of fused-ring (bicyclic) bond motifs is 1. The van der Waals surface area contributed by atoms with Crippen LogP contribution in [-0.4, -0.2) is 70.1 Å². The first-order valence-corrected chi connectivity index (χ1v) is 13.5. The van der Waals surface area contributed by atoms with Crippen LogP contribution in [-0.2, 0) is 16.1 Å². The number of hydrogen-bond donors (Lipinski definition) is 4. The van der Waals surface area contributed by atoms with Crippen LogP contribution in [0.25, 0.3) is 0 Å². The third-order valence-corrected chi connectivity index (χ3v) is 6.80. The molecule has 42 heavy (non-hydrogen) atoms. The molecule has 0 radical (unpaired) electrons. The van der Waals surface area contributed by atoms with Crippen molar-refractivity contribution in [2.75, 3.05) is 53.6 Å². The summed E-state index contributed by atoms with van der Waals surface area (Å²) in [6.07, 6.45) is 3.58. The molecular weight excluding hydrogens is 536 g/mol. The maximum absolute atomic E-state index is 11.7. The van der Waals surface area contributed by atoms with Crippen molar-refractivity contribution in [1.29, 1.82) is 0 Å². The molecule has 4 heterocycles. The van der Waals surface area contributed by atoms with E-state index in [1.807, 2.05) is 43.5 Å². The van der Waals surface area contributed by atoms with Gasteiger partial charge in [-0.25, -0.2) is 9.97 Å². The van der Waals surface area contributed by atoms with Crippen molar-refractivity contribution < 1.29 is 19.4 Å². The Balaban J connectivity index is 0.00000113. The van der Waals surface area contributed by atoms with E-state index in [1.54, 1.807) is 6.20 Å². The highest BCUT2D eigenvalue weighted by Gasteiger charge is 2.19. The summed E-state index contributed by atoms with van der Waals surface area (Å²) in [6.45, 7) is 6.60. The largest absolute Gasteiger partial charge is 0.483 e. The number of nitrogens with one attached hydrogen (secondary N) is 3. The fourth-order valence-electron chi connectivity index (χ4n) is 4.68. The molecule has 12 nitrogen and oxygen atoms in total. The molecule has 0 atom stereocenters. The molecule has 12 heteroatoms. The summed E-state index contributed by atoms with van der Waals surface area (Å²) in [5, 5.41) is 16.3. The third kappa shape index (κ3) is 7.29. The molecule has 0 saturated carbocycles. The summed E-state index contributed by atoms with van der Waals surface area (Å²) in [6, 6.07) is 20.2. The quantitative estimate of drug-likeness (QED) is 0.240. The molecule has 0 aliphatic carbocycles. The zero-order chi connectivity index (χ0) is 29.3. The highest BCUT2D eigenvalue weighted by atomic mass is 16.5. The number of benzene rings is 2. The van der Waals surface area contributed by atoms with E-state index in [0.29, 0.717) is 23.2 Å². The average Bonchev–Trinajstić information content (AvgIpc) is 3.00. The van der Waals surface area contributed by atoms with Crippen LogP contribution >= 0.6 is 0 Å². The molecule has 1 amide bonds. The molecule has 4 N–H and O–H groups in total. The van der Waals surface area contributed by atoms with Crippen molar-refractivity contribution in [2.24, 2.45) is 0 Å². The predicted octanol–water partition coefficient (Wildman–Crippen LogP) is 4.02. The van der Waals surface area contributed by atoms with E-state index in [4.69, 9.17) is 14.6 Å². The minimum absolute atomic E-state index is 0.0288. The molecule has 0 spiro atoms. The Morgan fingerprint density at radius 2 is 1.74 bits per heavy atom. The van der Waals surface area contributed by atoms with E-state index in [-0.39, 0.29) is 19.0 Å². The first kappa shape index (κ1) is 28.3. The number of pyridine rings is 1. The molecule has 2 aromatic heterocycles. The summed E-state index contributed by atoms with van der Waals surface area (Å²) in [7, 11) is 0. The van der Waals surface area contributed by atoms with Crippen LogP contribution in [0.5, 0.6) is 5.75 Å². The Morgan fingerprint density at radius 1 is 0.976 bits per heavy atom. The van der Waals surface area contributed by atoms with Gasteiger partial charge in [-0.05, 0) is 42.8 Å². The molecule has 216 valence electrons. The van der Waals surface area contributed by atoms with Gasteiger partial charge in [0.15, 0.2) is 6.61 Å². The van der Waals surface area contributed by atoms with Crippen LogP contribution in [0.15, 0.2) is 73.1 Å². The summed E-state index contributed by atoms with van der Waals surface area (Å²) < 4.78 is 5.44. The molecular formula is C30H32N8O4. The van der Waals surface area contributed by atoms with Gasteiger partial charge in [0.2, 0.25) is 5.95 Å². The van der Waals surface area contributed by atoms with Crippen molar-refractivity contribution in [3.8, 4) is 5.75 Å². The molecule has 2 aliphatic rings. The normalized spacial score (nSPS) is 14.4. The van der Waals surface area contributed by atoms with Crippen LogP contribution < -0.4 is 25.6 Å². The van der Waals surface area contributed by atoms with Gasteiger partial charge in [0.25, 0.3) is 12.4 Å². The zero-order valence-electron chi connectivity index (χ0n) is 23.2. The topological polar surface area (TPSA) is 145 Å². The number of ether oxygens (including phenoxy) is 1. The van der Waals surface area contributed by atoms with Crippen molar-refractivity contribution in [1.82, 2.24) is 19.9 Å². The molecule has 2 aromatic carbocycles. The van der Waals surface area contributed by atoms with Gasteiger partial charge in [0.1, 0.15) is 17.4 Å². The lowest BCUT2D eigenvalue weighted by Gasteiger charge is -2.35. The minimum atomic E-state index is -0.250. The Labute approximate surface area is 243 Å². The third-order valence-electron chi connectivity index (χ3n) is 6.80. The summed E-state index contributed by atoms with van der Waals surface area (Å²) in [5.41, 5.74) is 4.46. The number of aryl methyl sites for hydroxylation is 1. The second-order valence-electron chi connectivity index (χ2n) is 9.78. The highest BCUT2D eigenvalue weighted by Crippen LogP contribution is 2.32. The fourth-order valence-corrected chi connectivity index (χ4v) is 4.68. The number of carbonyl (C=O) groups is 2. The number of aromatic nitrogens is 3. The standard InChI is InChI=1S/C29H30N8O2.CH2O2/c1-20-16-31-29(35-28(20)32-22-7-9-25-24(15-22)34-27(38)19-39-25)33-23-8-10-26(30-17-23)37-13-11-36(12-14-37)18-21-5-3-2-4-6-21;2-1-3/h2-10,15-17H,11-14,18-19H2,1H3,(H,34,38)(H2,31,32,33,35);1H,(H,2,3). The van der Waals surface area contributed by atoms with Gasteiger partial charge in [-0.15, -0.1) is 0 Å². The lowest BCUT2D eigenvalue weighted by molar-refractivity contribution is -0.123. The summed E-state index contributed by atoms with van der Waals surface area (Å²) >= 11 is 0. The molecule has 2 aliphatic heterocycles. The molecule has 4 aromatic rings. The Bertz CT molecular complexity index is 1510. The van der Waals surface area contributed by atoms with Crippen LogP contribution in [0, 0.1) is 6.92 Å². The summed E-state index contributed by atoms with van der Waals surface area (Å²) in [5.74, 6) is 2.56. The Kier molecular flexibility index (Phi) is 9.04. The van der Waals surface area contributed by atoms with Crippen LogP contribution in [0.3, 0.4) is 0 Å². The van der Waals surface area contributed by atoms with Gasteiger partial charge < -0.3 is 30.7 Å². The average molecular weight is 569 g/mol. The number of carbonyl (C=O) groups excluding carboxylic acids is 1. The van der Waals surface area contributed by atoms with E-state index in [2.05, 4.69) is 71.0 Å². The summed E-state index contributed by atoms with van der Waals surface area (Å²) in [4.78, 5) is 38.6. The Morgan fingerprint density at radius 3 is 2.48 bits per heavy atom. The van der Waals surface area contributed by atoms with Crippen molar-refractivity contribution in [2.45, 2.75) is 13.5 Å². The smallest absolute Gasteiger partial charge is 0.290 e. The van der Waals surface area contributed by atoms with Gasteiger partial charge in [-0.1, -0.05) is 30.3 Å². The number of carboxylic acid groups (broad SMARTS) is 1.